The second-order valence-corrected chi connectivity index (χ2v) is 6.80. The van der Waals surface area contributed by atoms with Gasteiger partial charge in [0.05, 0.1) is 28.5 Å². The molecule has 0 saturated heterocycles. The highest BCUT2D eigenvalue weighted by atomic mass is 35.5. The van der Waals surface area contributed by atoms with Crippen molar-refractivity contribution < 1.29 is 23.9 Å². The van der Waals surface area contributed by atoms with E-state index >= 15 is 0 Å². The summed E-state index contributed by atoms with van der Waals surface area (Å²) in [6, 6.07) is 2.83. The lowest BCUT2D eigenvalue weighted by Crippen LogP contribution is -2.19. The monoisotopic (exact) mass is 401 g/mol. The van der Waals surface area contributed by atoms with Gasteiger partial charge in [0.15, 0.2) is 5.78 Å². The summed E-state index contributed by atoms with van der Waals surface area (Å²) in [6.07, 6.45) is 0.462. The number of ketones is 1. The van der Waals surface area contributed by atoms with Crippen LogP contribution in [0.3, 0.4) is 0 Å². The van der Waals surface area contributed by atoms with Gasteiger partial charge in [0, 0.05) is 11.2 Å². The van der Waals surface area contributed by atoms with E-state index < -0.39 is 17.7 Å². The average Bonchev–Trinajstić information content (AvgIpc) is 2.48. The molecule has 1 N–H and O–H groups in total. The van der Waals surface area contributed by atoms with Crippen LogP contribution in [-0.2, 0) is 19.1 Å². The van der Waals surface area contributed by atoms with Gasteiger partial charge in [0.1, 0.15) is 5.57 Å². The summed E-state index contributed by atoms with van der Waals surface area (Å²) >= 11 is 12.3. The molecule has 0 saturated carbocycles. The zero-order chi connectivity index (χ0) is 20.0. The molecule has 0 radical (unpaired) electrons. The maximum Gasteiger partial charge on any atom is 0.343 e. The Morgan fingerprint density at radius 2 is 1.62 bits per heavy atom. The third-order valence-corrected chi connectivity index (χ3v) is 3.54. The number of carbonyl (C=O) groups excluding carboxylic acids is 3. The molecule has 0 aliphatic carbocycles. The molecule has 26 heavy (non-hydrogen) atoms. The van der Waals surface area contributed by atoms with E-state index in [0.717, 1.165) is 0 Å². The molecule has 1 aromatic rings. The fourth-order valence-corrected chi connectivity index (χ4v) is 2.31. The summed E-state index contributed by atoms with van der Waals surface area (Å²) in [4.78, 5) is 35.8. The maximum atomic E-state index is 12.1. The SMILES string of the molecule is CC(=O)C(=CNc1cc(Cl)cc(C(=O)OC(C)C)c1Cl)C(=O)OC(C)C. The third-order valence-electron chi connectivity index (χ3n) is 2.91. The normalized spacial score (nSPS) is 11.5. The fraction of sp³-hybridized carbons (Fsp3) is 0.389. The first-order chi connectivity index (χ1) is 12.0. The van der Waals surface area contributed by atoms with E-state index in [1.807, 2.05) is 0 Å². The van der Waals surface area contributed by atoms with Gasteiger partial charge in [-0.15, -0.1) is 0 Å². The van der Waals surface area contributed by atoms with E-state index in [9.17, 15) is 14.4 Å². The number of benzene rings is 1. The molecule has 0 bridgehead atoms. The van der Waals surface area contributed by atoms with Crippen molar-refractivity contribution in [2.24, 2.45) is 0 Å². The van der Waals surface area contributed by atoms with Crippen molar-refractivity contribution in [3.63, 3.8) is 0 Å². The van der Waals surface area contributed by atoms with Gasteiger partial charge >= 0.3 is 11.9 Å². The van der Waals surface area contributed by atoms with Crippen LogP contribution < -0.4 is 5.32 Å². The molecule has 0 aromatic heterocycles. The average molecular weight is 402 g/mol. The fourth-order valence-electron chi connectivity index (χ4n) is 1.85. The second kappa shape index (κ2) is 9.59. The van der Waals surface area contributed by atoms with Crippen molar-refractivity contribution in [2.75, 3.05) is 5.32 Å². The zero-order valence-corrected chi connectivity index (χ0v) is 16.7. The first-order valence-corrected chi connectivity index (χ1v) is 8.67. The Morgan fingerprint density at radius 3 is 2.12 bits per heavy atom. The maximum absolute atomic E-state index is 12.1. The van der Waals surface area contributed by atoms with Crippen LogP contribution in [0.4, 0.5) is 5.69 Å². The van der Waals surface area contributed by atoms with Crippen LogP contribution >= 0.6 is 23.2 Å². The van der Waals surface area contributed by atoms with E-state index in [1.54, 1.807) is 27.7 Å². The number of hydrogen-bond donors (Lipinski definition) is 1. The number of esters is 2. The van der Waals surface area contributed by atoms with Crippen molar-refractivity contribution in [1.29, 1.82) is 0 Å². The Bertz CT molecular complexity index is 741. The summed E-state index contributed by atoms with van der Waals surface area (Å²) in [5, 5.41) is 3.01. The molecule has 1 rings (SSSR count). The Kier molecular flexibility index (Phi) is 8.11. The van der Waals surface area contributed by atoms with Gasteiger partial charge in [-0.1, -0.05) is 23.2 Å². The van der Waals surface area contributed by atoms with E-state index in [-0.39, 0.29) is 39.1 Å². The minimum absolute atomic E-state index is 0.0522. The molecule has 0 heterocycles. The minimum atomic E-state index is -0.766. The lowest BCUT2D eigenvalue weighted by Gasteiger charge is -2.13. The van der Waals surface area contributed by atoms with Crippen molar-refractivity contribution in [2.45, 2.75) is 46.8 Å². The van der Waals surface area contributed by atoms with Crippen molar-refractivity contribution in [3.8, 4) is 0 Å². The Labute approximate surface area is 162 Å². The predicted molar refractivity (Wildman–Crippen MR) is 101 cm³/mol. The molecule has 8 heteroatoms. The van der Waals surface area contributed by atoms with Crippen molar-refractivity contribution in [3.05, 3.63) is 39.5 Å². The Hall–Kier alpha value is -2.05. The summed E-state index contributed by atoms with van der Waals surface area (Å²) in [5.41, 5.74) is 0.116. The van der Waals surface area contributed by atoms with Crippen LogP contribution in [0.1, 0.15) is 45.0 Å². The molecule has 0 atom stereocenters. The molecule has 1 aromatic carbocycles. The highest BCUT2D eigenvalue weighted by molar-refractivity contribution is 6.38. The number of nitrogens with one attached hydrogen (secondary N) is 1. The van der Waals surface area contributed by atoms with E-state index in [0.29, 0.717) is 0 Å². The summed E-state index contributed by atoms with van der Waals surface area (Å²) in [5.74, 6) is -1.89. The van der Waals surface area contributed by atoms with Crippen LogP contribution in [0.5, 0.6) is 0 Å². The number of hydrogen-bond acceptors (Lipinski definition) is 6. The van der Waals surface area contributed by atoms with E-state index in [4.69, 9.17) is 32.7 Å². The standard InChI is InChI=1S/C18H21Cl2NO5/c1-9(2)25-17(23)13-6-12(19)7-15(16(13)20)21-8-14(11(5)22)18(24)26-10(3)4/h6-10,21H,1-5H3. The van der Waals surface area contributed by atoms with E-state index in [1.165, 1.54) is 25.3 Å². The molecule has 0 aliphatic rings. The Balaban J connectivity index is 3.19. The predicted octanol–water partition coefficient (Wildman–Crippen LogP) is 4.40. The number of anilines is 1. The molecule has 0 aliphatic heterocycles. The molecule has 0 amide bonds. The van der Waals surface area contributed by atoms with Gasteiger partial charge in [-0.25, -0.2) is 9.59 Å². The number of carbonyl (C=O) groups is 3. The first kappa shape index (κ1) is 22.0. The smallest absolute Gasteiger partial charge is 0.343 e. The molecule has 142 valence electrons. The molecule has 6 nitrogen and oxygen atoms in total. The zero-order valence-electron chi connectivity index (χ0n) is 15.2. The molecular weight excluding hydrogens is 381 g/mol. The summed E-state index contributed by atoms with van der Waals surface area (Å²) < 4.78 is 10.1. The molecule has 0 spiro atoms. The number of halogens is 2. The van der Waals surface area contributed by atoms with Crippen molar-refractivity contribution >= 4 is 46.6 Å². The Morgan fingerprint density at radius 1 is 1.04 bits per heavy atom. The van der Waals surface area contributed by atoms with Crippen LogP contribution in [-0.4, -0.2) is 29.9 Å². The third kappa shape index (κ3) is 6.35. The summed E-state index contributed by atoms with van der Waals surface area (Å²) in [6.45, 7) is 7.99. The topological polar surface area (TPSA) is 81.7 Å². The first-order valence-electron chi connectivity index (χ1n) is 7.91. The number of rotatable bonds is 7. The van der Waals surface area contributed by atoms with Gasteiger partial charge in [0.25, 0.3) is 0 Å². The lowest BCUT2D eigenvalue weighted by molar-refractivity contribution is -0.143. The van der Waals surface area contributed by atoms with Crippen LogP contribution in [0, 0.1) is 0 Å². The van der Waals surface area contributed by atoms with Gasteiger partial charge in [0.2, 0.25) is 0 Å². The minimum Gasteiger partial charge on any atom is -0.459 e. The van der Waals surface area contributed by atoms with Crippen LogP contribution in [0.25, 0.3) is 0 Å². The van der Waals surface area contributed by atoms with Crippen LogP contribution in [0.2, 0.25) is 10.0 Å². The molecule has 0 fully saturated rings. The van der Waals surface area contributed by atoms with E-state index in [2.05, 4.69) is 5.32 Å². The van der Waals surface area contributed by atoms with Gasteiger partial charge in [-0.2, -0.15) is 0 Å². The molecular formula is C18H21Cl2NO5. The quantitative estimate of drug-likeness (QED) is 0.315. The van der Waals surface area contributed by atoms with Gasteiger partial charge in [-0.3, -0.25) is 4.79 Å². The highest BCUT2D eigenvalue weighted by Gasteiger charge is 2.20. The summed E-state index contributed by atoms with van der Waals surface area (Å²) in [7, 11) is 0. The van der Waals surface area contributed by atoms with Crippen LogP contribution in [0.15, 0.2) is 23.9 Å². The number of ether oxygens (including phenoxy) is 2. The van der Waals surface area contributed by atoms with Gasteiger partial charge < -0.3 is 14.8 Å². The van der Waals surface area contributed by atoms with Gasteiger partial charge in [-0.05, 0) is 46.8 Å². The van der Waals surface area contributed by atoms with Crippen molar-refractivity contribution in [1.82, 2.24) is 0 Å². The largest absolute Gasteiger partial charge is 0.459 e. The number of Topliss-reactive ketones (excluding diaryl/α,β-unsaturated/α-hetero) is 1. The second-order valence-electron chi connectivity index (χ2n) is 5.98. The lowest BCUT2D eigenvalue weighted by atomic mass is 10.1. The molecule has 0 unspecified atom stereocenters. The highest BCUT2D eigenvalue weighted by Crippen LogP contribution is 2.31.